The van der Waals surface area contributed by atoms with Crippen LogP contribution in [0.5, 0.6) is 0 Å². The Labute approximate surface area is 172 Å². The van der Waals surface area contributed by atoms with Crippen LogP contribution in [0, 0.1) is 37.1 Å². The summed E-state index contributed by atoms with van der Waals surface area (Å²) in [6, 6.07) is 15.9. The van der Waals surface area contributed by atoms with Gasteiger partial charge in [-0.1, -0.05) is 59.7 Å². The second-order valence-electron chi connectivity index (χ2n) is 6.92. The largest absolute Gasteiger partial charge is 0.294 e. The summed E-state index contributed by atoms with van der Waals surface area (Å²) < 4.78 is 57.6. The maximum atomic E-state index is 14.5. The molecule has 0 unspecified atom stereocenters. The minimum atomic E-state index is -1.72. The van der Waals surface area contributed by atoms with Gasteiger partial charge >= 0.3 is 0 Å². The van der Waals surface area contributed by atoms with Gasteiger partial charge in [0.05, 0.1) is 0 Å². The smallest absolute Gasteiger partial charge is 0.196 e. The van der Waals surface area contributed by atoms with E-state index in [1.165, 1.54) is 17.0 Å². The minimum Gasteiger partial charge on any atom is -0.294 e. The van der Waals surface area contributed by atoms with Gasteiger partial charge in [0.1, 0.15) is 11.3 Å². The summed E-state index contributed by atoms with van der Waals surface area (Å²) in [6.07, 6.45) is 2.75. The van der Waals surface area contributed by atoms with E-state index in [2.05, 4.69) is 4.98 Å². The molecule has 1 aromatic heterocycles. The molecule has 0 aliphatic rings. The van der Waals surface area contributed by atoms with Gasteiger partial charge in [0.25, 0.3) is 0 Å². The van der Waals surface area contributed by atoms with Gasteiger partial charge in [-0.25, -0.2) is 22.5 Å². The number of aryl methyl sites for hydroxylation is 2. The highest BCUT2D eigenvalue weighted by molar-refractivity contribution is 7.79. The molecule has 0 amide bonds. The predicted octanol–water partition coefficient (Wildman–Crippen LogP) is 4.80. The fourth-order valence-electron chi connectivity index (χ4n) is 3.18. The Bertz CT molecular complexity index is 1160. The first kappa shape index (κ1) is 20.3. The summed E-state index contributed by atoms with van der Waals surface area (Å²) >= 11 is 0. The van der Waals surface area contributed by atoms with Crippen molar-refractivity contribution in [3.05, 3.63) is 101 Å². The van der Waals surface area contributed by atoms with Crippen LogP contribution in [-0.2, 0) is 0 Å². The van der Waals surface area contributed by atoms with Gasteiger partial charge in [-0.05, 0) is 24.5 Å². The van der Waals surface area contributed by atoms with Crippen molar-refractivity contribution >= 4 is 24.1 Å². The number of imidazole rings is 1. The van der Waals surface area contributed by atoms with E-state index in [4.69, 9.17) is 0 Å². The topological polar surface area (TPSA) is 17.8 Å². The highest BCUT2D eigenvalue weighted by Crippen LogP contribution is 2.34. The van der Waals surface area contributed by atoms with Crippen LogP contribution < -0.4 is 16.2 Å². The molecule has 0 aliphatic carbocycles. The Hall–Kier alpha value is -2.98. The standard InChI is InChI=1S/C23H17F4N2P/c1-14-3-7-16(8-4-14)30(17-9-5-15(2)6-10-17)23-28-11-12-29(23)22-19(25)13-18(24)20(26)21(22)27/h3-13H,1-2H3. The molecule has 0 radical (unpaired) electrons. The zero-order valence-corrected chi connectivity index (χ0v) is 17.1. The van der Waals surface area contributed by atoms with Crippen molar-refractivity contribution in [1.82, 2.24) is 9.55 Å². The van der Waals surface area contributed by atoms with Crippen molar-refractivity contribution in [2.75, 3.05) is 0 Å². The number of rotatable bonds is 4. The third-order valence-electron chi connectivity index (χ3n) is 4.74. The number of halogens is 4. The minimum absolute atomic E-state index is 0.345. The van der Waals surface area contributed by atoms with Gasteiger partial charge in [0.15, 0.2) is 23.3 Å². The first-order valence-corrected chi connectivity index (χ1v) is 10.5. The molecule has 0 aliphatic heterocycles. The molecular weight excluding hydrogens is 411 g/mol. The van der Waals surface area contributed by atoms with Crippen LogP contribution in [-0.4, -0.2) is 9.55 Å². The Balaban J connectivity index is 1.95. The molecule has 7 heteroatoms. The van der Waals surface area contributed by atoms with E-state index in [9.17, 15) is 17.6 Å². The average Bonchev–Trinajstić information content (AvgIpc) is 3.18. The molecule has 1 heterocycles. The molecule has 0 fully saturated rings. The van der Waals surface area contributed by atoms with E-state index in [1.54, 1.807) is 0 Å². The lowest BCUT2D eigenvalue weighted by molar-refractivity contribution is 0.431. The normalized spacial score (nSPS) is 11.3. The van der Waals surface area contributed by atoms with Crippen LogP contribution in [0.15, 0.2) is 67.0 Å². The molecule has 0 spiro atoms. The molecule has 0 saturated carbocycles. The molecule has 0 atom stereocenters. The fraction of sp³-hybridized carbons (Fsp3) is 0.0870. The Kier molecular flexibility index (Phi) is 5.44. The van der Waals surface area contributed by atoms with E-state index in [1.807, 2.05) is 62.4 Å². The third kappa shape index (κ3) is 3.63. The van der Waals surface area contributed by atoms with Crippen LogP contribution in [0.2, 0.25) is 0 Å². The SMILES string of the molecule is Cc1ccc(P(c2ccc(C)cc2)c2nccn2-c2c(F)cc(F)c(F)c2F)cc1. The number of aromatic nitrogens is 2. The van der Waals surface area contributed by atoms with E-state index < -0.39 is 36.9 Å². The Morgan fingerprint density at radius 2 is 1.27 bits per heavy atom. The van der Waals surface area contributed by atoms with Crippen molar-refractivity contribution < 1.29 is 17.6 Å². The maximum Gasteiger partial charge on any atom is 0.196 e. The van der Waals surface area contributed by atoms with Crippen LogP contribution in [0.25, 0.3) is 5.69 Å². The highest BCUT2D eigenvalue weighted by atomic mass is 31.1. The Morgan fingerprint density at radius 1 is 0.733 bits per heavy atom. The summed E-state index contributed by atoms with van der Waals surface area (Å²) in [5.74, 6) is -6.08. The monoisotopic (exact) mass is 428 g/mol. The lowest BCUT2D eigenvalue weighted by Crippen LogP contribution is -2.28. The van der Waals surface area contributed by atoms with Crippen molar-refractivity contribution in [2.45, 2.75) is 13.8 Å². The van der Waals surface area contributed by atoms with Gasteiger partial charge < -0.3 is 0 Å². The molecule has 152 valence electrons. The number of hydrogen-bond donors (Lipinski definition) is 0. The van der Waals surface area contributed by atoms with E-state index in [-0.39, 0.29) is 0 Å². The molecule has 4 rings (SSSR count). The van der Waals surface area contributed by atoms with Crippen molar-refractivity contribution in [1.29, 1.82) is 0 Å². The van der Waals surface area contributed by atoms with Crippen molar-refractivity contribution in [3.63, 3.8) is 0 Å². The molecule has 0 N–H and O–H groups in total. The van der Waals surface area contributed by atoms with Crippen LogP contribution in [0.3, 0.4) is 0 Å². The lowest BCUT2D eigenvalue weighted by Gasteiger charge is -2.21. The second kappa shape index (κ2) is 8.04. The highest BCUT2D eigenvalue weighted by Gasteiger charge is 2.27. The summed E-state index contributed by atoms with van der Waals surface area (Å²) in [5.41, 5.74) is 1.80. The van der Waals surface area contributed by atoms with Gasteiger partial charge in [0, 0.05) is 26.4 Å². The molecule has 0 saturated heterocycles. The van der Waals surface area contributed by atoms with E-state index in [0.29, 0.717) is 11.6 Å². The third-order valence-corrected chi connectivity index (χ3v) is 7.10. The molecule has 2 nitrogen and oxygen atoms in total. The van der Waals surface area contributed by atoms with Gasteiger partial charge in [-0.15, -0.1) is 0 Å². The first-order valence-electron chi connectivity index (χ1n) is 9.17. The van der Waals surface area contributed by atoms with Crippen LogP contribution in [0.1, 0.15) is 11.1 Å². The number of benzene rings is 3. The average molecular weight is 428 g/mol. The summed E-state index contributed by atoms with van der Waals surface area (Å²) in [4.78, 5) is 4.37. The summed E-state index contributed by atoms with van der Waals surface area (Å²) in [5, 5.41) is 1.82. The molecule has 3 aromatic carbocycles. The van der Waals surface area contributed by atoms with Gasteiger partial charge in [-0.3, -0.25) is 4.57 Å². The molecule has 4 aromatic rings. The zero-order valence-electron chi connectivity index (χ0n) is 16.2. The number of nitrogens with zero attached hydrogens (tertiary/aromatic N) is 2. The second-order valence-corrected chi connectivity index (χ2v) is 9.02. The van der Waals surface area contributed by atoms with E-state index in [0.717, 1.165) is 21.7 Å². The quantitative estimate of drug-likeness (QED) is 0.198. The molecular formula is C23H17F4N2P. The Morgan fingerprint density at radius 3 is 1.80 bits per heavy atom. The van der Waals surface area contributed by atoms with Gasteiger partial charge in [0.2, 0.25) is 0 Å². The fourth-order valence-corrected chi connectivity index (χ4v) is 5.40. The van der Waals surface area contributed by atoms with Crippen LogP contribution in [0.4, 0.5) is 17.6 Å². The summed E-state index contributed by atoms with van der Waals surface area (Å²) in [6.45, 7) is 3.93. The first-order chi connectivity index (χ1) is 14.4. The summed E-state index contributed by atoms with van der Waals surface area (Å²) in [7, 11) is -1.32. The molecule has 0 bridgehead atoms. The van der Waals surface area contributed by atoms with E-state index >= 15 is 0 Å². The van der Waals surface area contributed by atoms with Crippen LogP contribution >= 0.6 is 7.92 Å². The van der Waals surface area contributed by atoms with Crippen molar-refractivity contribution in [2.24, 2.45) is 0 Å². The maximum absolute atomic E-state index is 14.5. The molecule has 30 heavy (non-hydrogen) atoms. The van der Waals surface area contributed by atoms with Gasteiger partial charge in [-0.2, -0.15) is 0 Å². The predicted molar refractivity (Wildman–Crippen MR) is 112 cm³/mol. The van der Waals surface area contributed by atoms with Crippen molar-refractivity contribution in [3.8, 4) is 5.69 Å². The zero-order chi connectivity index (χ0) is 21.4. The lowest BCUT2D eigenvalue weighted by atomic mass is 10.2. The number of hydrogen-bond acceptors (Lipinski definition) is 1.